The highest BCUT2D eigenvalue weighted by molar-refractivity contribution is 6.31. The van der Waals surface area contributed by atoms with Gasteiger partial charge in [-0.3, -0.25) is 4.68 Å². The maximum absolute atomic E-state index is 6.40. The van der Waals surface area contributed by atoms with E-state index in [1.165, 1.54) is 0 Å². The van der Waals surface area contributed by atoms with E-state index in [-0.39, 0.29) is 0 Å². The molecule has 0 aliphatic rings. The van der Waals surface area contributed by atoms with Gasteiger partial charge in [0.1, 0.15) is 5.82 Å². The first kappa shape index (κ1) is 16.0. The molecule has 0 amide bonds. The molecule has 6 nitrogen and oxygen atoms in total. The summed E-state index contributed by atoms with van der Waals surface area (Å²) in [5.74, 6) is 0.974. The van der Waals surface area contributed by atoms with E-state index in [2.05, 4.69) is 26.9 Å². The van der Waals surface area contributed by atoms with Crippen molar-refractivity contribution in [2.24, 2.45) is 7.05 Å². The van der Waals surface area contributed by atoms with Crippen molar-refractivity contribution in [2.45, 2.75) is 26.4 Å². The van der Waals surface area contributed by atoms with Crippen LogP contribution in [0, 0.1) is 0 Å². The molecule has 2 heterocycles. The molecule has 0 radical (unpaired) electrons. The van der Waals surface area contributed by atoms with E-state index in [1.807, 2.05) is 17.9 Å². The number of aryl methyl sites for hydroxylation is 2. The van der Waals surface area contributed by atoms with Crippen LogP contribution in [-0.4, -0.2) is 39.6 Å². The maximum atomic E-state index is 6.40. The molecule has 0 atom stereocenters. The topological polar surface area (TPSA) is 56.9 Å². The van der Waals surface area contributed by atoms with Gasteiger partial charge in [-0.2, -0.15) is 5.10 Å². The van der Waals surface area contributed by atoms with Crippen LogP contribution in [-0.2, 0) is 31.3 Å². The van der Waals surface area contributed by atoms with Gasteiger partial charge < -0.3 is 14.6 Å². The number of halogens is 1. The first-order valence-corrected chi connectivity index (χ1v) is 7.45. The van der Waals surface area contributed by atoms with Crippen LogP contribution in [0.25, 0.3) is 0 Å². The van der Waals surface area contributed by atoms with Gasteiger partial charge in [-0.15, -0.1) is 0 Å². The Morgan fingerprint density at radius 1 is 1.43 bits per heavy atom. The molecule has 7 heteroatoms. The Labute approximate surface area is 130 Å². The third-order valence-electron chi connectivity index (χ3n) is 3.39. The monoisotopic (exact) mass is 311 g/mol. The summed E-state index contributed by atoms with van der Waals surface area (Å²) < 4.78 is 8.95. The highest BCUT2D eigenvalue weighted by Crippen LogP contribution is 2.22. The summed E-state index contributed by atoms with van der Waals surface area (Å²) >= 11 is 6.40. The van der Waals surface area contributed by atoms with Crippen LogP contribution in [0.5, 0.6) is 0 Å². The zero-order chi connectivity index (χ0) is 15.2. The molecule has 0 aliphatic heterocycles. The van der Waals surface area contributed by atoms with Crippen molar-refractivity contribution >= 4 is 11.6 Å². The molecule has 0 fully saturated rings. The van der Waals surface area contributed by atoms with E-state index >= 15 is 0 Å². The van der Waals surface area contributed by atoms with Gasteiger partial charge in [0.2, 0.25) is 0 Å². The molecular formula is C14H22ClN5O. The van der Waals surface area contributed by atoms with E-state index in [0.717, 1.165) is 35.2 Å². The van der Waals surface area contributed by atoms with Crippen LogP contribution in [0.15, 0.2) is 12.4 Å². The van der Waals surface area contributed by atoms with Gasteiger partial charge in [-0.25, -0.2) is 4.98 Å². The van der Waals surface area contributed by atoms with E-state index in [9.17, 15) is 0 Å². The second kappa shape index (κ2) is 7.59. The first-order chi connectivity index (χ1) is 10.2. The van der Waals surface area contributed by atoms with Crippen LogP contribution >= 0.6 is 11.6 Å². The molecule has 0 unspecified atom stereocenters. The summed E-state index contributed by atoms with van der Waals surface area (Å²) in [4.78, 5) is 4.38. The summed E-state index contributed by atoms with van der Waals surface area (Å²) in [6, 6.07) is 0. The molecular weight excluding hydrogens is 290 g/mol. The molecule has 0 saturated carbocycles. The third kappa shape index (κ3) is 3.84. The van der Waals surface area contributed by atoms with Crippen molar-refractivity contribution in [3.8, 4) is 0 Å². The minimum Gasteiger partial charge on any atom is -0.383 e. The lowest BCUT2D eigenvalue weighted by molar-refractivity contribution is 0.199. The minimum atomic E-state index is 0.670. The van der Waals surface area contributed by atoms with Gasteiger partial charge in [-0.05, 0) is 6.42 Å². The largest absolute Gasteiger partial charge is 0.383 e. The number of ether oxygens (including phenoxy) is 1. The highest BCUT2D eigenvalue weighted by Gasteiger charge is 2.14. The normalized spacial score (nSPS) is 11.2. The Hall–Kier alpha value is -1.37. The molecule has 1 N–H and O–H groups in total. The van der Waals surface area contributed by atoms with Gasteiger partial charge in [0.05, 0.1) is 36.1 Å². The molecule has 21 heavy (non-hydrogen) atoms. The number of methoxy groups -OCH3 is 1. The van der Waals surface area contributed by atoms with Crippen molar-refractivity contribution in [1.29, 1.82) is 0 Å². The summed E-state index contributed by atoms with van der Waals surface area (Å²) in [6.07, 6.45) is 4.60. The minimum absolute atomic E-state index is 0.670. The van der Waals surface area contributed by atoms with E-state index in [0.29, 0.717) is 19.7 Å². The second-order valence-electron chi connectivity index (χ2n) is 4.83. The SMILES string of the molecule is CCc1nn(C)c(Cn2ccnc2CNCCOC)c1Cl. The number of hydrogen-bond donors (Lipinski definition) is 1. The Morgan fingerprint density at radius 2 is 2.24 bits per heavy atom. The quantitative estimate of drug-likeness (QED) is 0.753. The average molecular weight is 312 g/mol. The van der Waals surface area contributed by atoms with Crippen molar-refractivity contribution in [2.75, 3.05) is 20.3 Å². The Kier molecular flexibility index (Phi) is 5.78. The molecule has 0 aliphatic carbocycles. The lowest BCUT2D eigenvalue weighted by Gasteiger charge is -2.09. The van der Waals surface area contributed by atoms with Crippen molar-refractivity contribution in [1.82, 2.24) is 24.6 Å². The molecule has 0 bridgehead atoms. The number of rotatable bonds is 8. The summed E-state index contributed by atoms with van der Waals surface area (Å²) in [6.45, 7) is 4.92. The lowest BCUT2D eigenvalue weighted by atomic mass is 10.3. The molecule has 2 rings (SSSR count). The fourth-order valence-electron chi connectivity index (χ4n) is 2.18. The van der Waals surface area contributed by atoms with Crippen molar-refractivity contribution in [3.63, 3.8) is 0 Å². The summed E-state index contributed by atoms with van der Waals surface area (Å²) in [5.41, 5.74) is 1.94. The molecule has 0 saturated heterocycles. The van der Waals surface area contributed by atoms with Crippen LogP contribution in [0.1, 0.15) is 24.1 Å². The second-order valence-corrected chi connectivity index (χ2v) is 5.20. The molecule has 2 aromatic heterocycles. The zero-order valence-corrected chi connectivity index (χ0v) is 13.5. The Balaban J connectivity index is 2.07. The van der Waals surface area contributed by atoms with E-state index in [4.69, 9.17) is 16.3 Å². The van der Waals surface area contributed by atoms with E-state index < -0.39 is 0 Å². The van der Waals surface area contributed by atoms with Crippen LogP contribution in [0.4, 0.5) is 0 Å². The van der Waals surface area contributed by atoms with Gasteiger partial charge in [-0.1, -0.05) is 18.5 Å². The lowest BCUT2D eigenvalue weighted by Crippen LogP contribution is -2.21. The number of hydrogen-bond acceptors (Lipinski definition) is 4. The highest BCUT2D eigenvalue weighted by atomic mass is 35.5. The zero-order valence-electron chi connectivity index (χ0n) is 12.8. The number of imidazole rings is 1. The molecule has 0 aromatic carbocycles. The molecule has 2 aromatic rings. The van der Waals surface area contributed by atoms with Crippen LogP contribution < -0.4 is 5.32 Å². The predicted octanol–water partition coefficient (Wildman–Crippen LogP) is 1.62. The molecule has 0 spiro atoms. The molecule has 116 valence electrons. The summed E-state index contributed by atoms with van der Waals surface area (Å²) in [5, 5.41) is 8.50. The van der Waals surface area contributed by atoms with Crippen LogP contribution in [0.3, 0.4) is 0 Å². The average Bonchev–Trinajstić information content (AvgIpc) is 3.03. The van der Waals surface area contributed by atoms with Gasteiger partial charge in [0.25, 0.3) is 0 Å². The van der Waals surface area contributed by atoms with Gasteiger partial charge >= 0.3 is 0 Å². The predicted molar refractivity (Wildman–Crippen MR) is 82.5 cm³/mol. The third-order valence-corrected chi connectivity index (χ3v) is 3.83. The summed E-state index contributed by atoms with van der Waals surface area (Å²) in [7, 11) is 3.62. The van der Waals surface area contributed by atoms with Gasteiger partial charge in [0.15, 0.2) is 0 Å². The Bertz CT molecular complexity index is 578. The fourth-order valence-corrected chi connectivity index (χ4v) is 2.53. The first-order valence-electron chi connectivity index (χ1n) is 7.07. The fraction of sp³-hybridized carbons (Fsp3) is 0.571. The number of nitrogens with zero attached hydrogens (tertiary/aromatic N) is 4. The number of aromatic nitrogens is 4. The maximum Gasteiger partial charge on any atom is 0.123 e. The van der Waals surface area contributed by atoms with Gasteiger partial charge in [0, 0.05) is 33.1 Å². The Morgan fingerprint density at radius 3 is 2.90 bits per heavy atom. The van der Waals surface area contributed by atoms with E-state index in [1.54, 1.807) is 13.3 Å². The smallest absolute Gasteiger partial charge is 0.123 e. The van der Waals surface area contributed by atoms with Crippen molar-refractivity contribution < 1.29 is 4.74 Å². The number of nitrogens with one attached hydrogen (secondary N) is 1. The van der Waals surface area contributed by atoms with Crippen LogP contribution in [0.2, 0.25) is 5.02 Å². The standard InChI is InChI=1S/C14H22ClN5O/c1-4-11-14(15)12(19(2)18-11)10-20-7-5-17-13(20)9-16-6-8-21-3/h5,7,16H,4,6,8-10H2,1-3H3. The van der Waals surface area contributed by atoms with Crippen molar-refractivity contribution in [3.05, 3.63) is 34.6 Å².